The van der Waals surface area contributed by atoms with Crippen molar-refractivity contribution in [3.05, 3.63) is 71.8 Å². The van der Waals surface area contributed by atoms with Crippen molar-refractivity contribution in [1.29, 1.82) is 0 Å². The molecule has 1 nitrogen and oxygen atoms in total. The first kappa shape index (κ1) is 12.4. The highest BCUT2D eigenvalue weighted by molar-refractivity contribution is 5.69. The molecule has 2 aromatic carbocycles. The molecule has 0 atom stereocenters. The van der Waals surface area contributed by atoms with Crippen molar-refractivity contribution in [2.75, 3.05) is 0 Å². The van der Waals surface area contributed by atoms with Crippen molar-refractivity contribution < 1.29 is 5.11 Å². The summed E-state index contributed by atoms with van der Waals surface area (Å²) in [5.41, 5.74) is 4.20. The average molecular weight is 238 g/mol. The third-order valence-corrected chi connectivity index (χ3v) is 3.09. The van der Waals surface area contributed by atoms with Gasteiger partial charge in [-0.05, 0) is 42.5 Å². The second-order valence-corrected chi connectivity index (χ2v) is 4.61. The van der Waals surface area contributed by atoms with Crippen LogP contribution in [-0.4, -0.2) is 5.11 Å². The number of rotatable bonds is 4. The SMILES string of the molecule is C=C(CCc1ccccc1)c1ccc(C)cc1O. The summed E-state index contributed by atoms with van der Waals surface area (Å²) >= 11 is 0. The molecular formula is C17H18O. The van der Waals surface area contributed by atoms with Crippen LogP contribution in [0.5, 0.6) is 5.75 Å². The molecule has 0 aliphatic heterocycles. The van der Waals surface area contributed by atoms with Crippen molar-refractivity contribution in [3.8, 4) is 5.75 Å². The molecule has 1 N–H and O–H groups in total. The minimum atomic E-state index is 0.327. The molecule has 0 saturated carbocycles. The van der Waals surface area contributed by atoms with E-state index in [0.717, 1.165) is 29.5 Å². The normalized spacial score (nSPS) is 10.3. The van der Waals surface area contributed by atoms with Gasteiger partial charge in [0.05, 0.1) is 0 Å². The highest BCUT2D eigenvalue weighted by atomic mass is 16.3. The van der Waals surface area contributed by atoms with Gasteiger partial charge in [-0.15, -0.1) is 0 Å². The predicted octanol–water partition coefficient (Wildman–Crippen LogP) is 4.35. The molecule has 2 aromatic rings. The first-order valence-electron chi connectivity index (χ1n) is 6.18. The standard InChI is InChI=1S/C17H18O/c1-13-8-11-16(17(18)12-13)14(2)9-10-15-6-4-3-5-7-15/h3-8,11-12,18H,2,9-10H2,1H3. The van der Waals surface area contributed by atoms with Crippen LogP contribution in [0.4, 0.5) is 0 Å². The Morgan fingerprint density at radius 2 is 1.83 bits per heavy atom. The molecular weight excluding hydrogens is 220 g/mol. The lowest BCUT2D eigenvalue weighted by atomic mass is 9.98. The summed E-state index contributed by atoms with van der Waals surface area (Å²) in [6.07, 6.45) is 1.81. The van der Waals surface area contributed by atoms with Crippen molar-refractivity contribution in [2.24, 2.45) is 0 Å². The van der Waals surface area contributed by atoms with Gasteiger partial charge in [0.1, 0.15) is 5.75 Å². The largest absolute Gasteiger partial charge is 0.507 e. The van der Waals surface area contributed by atoms with Gasteiger partial charge in [-0.25, -0.2) is 0 Å². The quantitative estimate of drug-likeness (QED) is 0.839. The highest BCUT2D eigenvalue weighted by Crippen LogP contribution is 2.27. The van der Waals surface area contributed by atoms with Gasteiger partial charge in [-0.1, -0.05) is 49.0 Å². The van der Waals surface area contributed by atoms with Gasteiger partial charge in [0.15, 0.2) is 0 Å². The van der Waals surface area contributed by atoms with Gasteiger partial charge < -0.3 is 5.11 Å². The molecule has 1 heteroatoms. The Bertz CT molecular complexity index is 541. The summed E-state index contributed by atoms with van der Waals surface area (Å²) in [6.45, 7) is 6.04. The van der Waals surface area contributed by atoms with Gasteiger partial charge in [-0.3, -0.25) is 0 Å². The molecule has 0 spiro atoms. The third-order valence-electron chi connectivity index (χ3n) is 3.09. The Hall–Kier alpha value is -2.02. The zero-order valence-electron chi connectivity index (χ0n) is 10.7. The molecule has 0 bridgehead atoms. The summed E-state index contributed by atoms with van der Waals surface area (Å²) in [5, 5.41) is 9.90. The summed E-state index contributed by atoms with van der Waals surface area (Å²) in [4.78, 5) is 0. The van der Waals surface area contributed by atoms with Gasteiger partial charge in [0.2, 0.25) is 0 Å². The zero-order valence-corrected chi connectivity index (χ0v) is 10.7. The first-order valence-corrected chi connectivity index (χ1v) is 6.18. The Kier molecular flexibility index (Phi) is 3.83. The van der Waals surface area contributed by atoms with Crippen LogP contribution >= 0.6 is 0 Å². The average Bonchev–Trinajstić information content (AvgIpc) is 2.37. The van der Waals surface area contributed by atoms with Crippen molar-refractivity contribution in [3.63, 3.8) is 0 Å². The molecule has 0 aliphatic rings. The maximum atomic E-state index is 9.90. The van der Waals surface area contributed by atoms with E-state index in [1.54, 1.807) is 6.07 Å². The van der Waals surface area contributed by atoms with Gasteiger partial charge in [0, 0.05) is 5.56 Å². The van der Waals surface area contributed by atoms with Crippen LogP contribution in [-0.2, 0) is 6.42 Å². The van der Waals surface area contributed by atoms with Crippen molar-refractivity contribution in [1.82, 2.24) is 0 Å². The van der Waals surface area contributed by atoms with Crippen LogP contribution in [0.25, 0.3) is 5.57 Å². The Labute approximate surface area is 108 Å². The van der Waals surface area contributed by atoms with Crippen LogP contribution in [0.15, 0.2) is 55.1 Å². The molecule has 0 unspecified atom stereocenters. The topological polar surface area (TPSA) is 20.2 Å². The molecule has 0 heterocycles. The molecule has 0 radical (unpaired) electrons. The monoisotopic (exact) mass is 238 g/mol. The number of allylic oxidation sites excluding steroid dienone is 1. The van der Waals surface area contributed by atoms with Crippen LogP contribution in [0.1, 0.15) is 23.1 Å². The minimum Gasteiger partial charge on any atom is -0.507 e. The molecule has 0 amide bonds. The Balaban J connectivity index is 2.04. The van der Waals surface area contributed by atoms with E-state index >= 15 is 0 Å². The van der Waals surface area contributed by atoms with Crippen LogP contribution < -0.4 is 0 Å². The summed E-state index contributed by atoms with van der Waals surface area (Å²) < 4.78 is 0. The smallest absolute Gasteiger partial charge is 0.123 e. The van der Waals surface area contributed by atoms with Crippen molar-refractivity contribution in [2.45, 2.75) is 19.8 Å². The Morgan fingerprint density at radius 1 is 1.11 bits per heavy atom. The van der Waals surface area contributed by atoms with E-state index in [1.807, 2.05) is 37.3 Å². The van der Waals surface area contributed by atoms with E-state index in [4.69, 9.17) is 0 Å². The van der Waals surface area contributed by atoms with E-state index in [2.05, 4.69) is 18.7 Å². The fraction of sp³-hybridized carbons (Fsp3) is 0.176. The lowest BCUT2D eigenvalue weighted by Crippen LogP contribution is -1.89. The maximum absolute atomic E-state index is 9.90. The fourth-order valence-corrected chi connectivity index (χ4v) is 2.02. The molecule has 0 fully saturated rings. The first-order chi connectivity index (χ1) is 8.66. The van der Waals surface area contributed by atoms with E-state index < -0.39 is 0 Å². The van der Waals surface area contributed by atoms with Crippen LogP contribution in [0.3, 0.4) is 0 Å². The maximum Gasteiger partial charge on any atom is 0.123 e. The zero-order chi connectivity index (χ0) is 13.0. The number of phenolic OH excluding ortho intramolecular Hbond substituents is 1. The minimum absolute atomic E-state index is 0.327. The number of hydrogen-bond donors (Lipinski definition) is 1. The number of aromatic hydroxyl groups is 1. The molecule has 18 heavy (non-hydrogen) atoms. The lowest BCUT2D eigenvalue weighted by Gasteiger charge is -2.09. The number of benzene rings is 2. The molecule has 2 rings (SSSR count). The second-order valence-electron chi connectivity index (χ2n) is 4.61. The van der Waals surface area contributed by atoms with Gasteiger partial charge >= 0.3 is 0 Å². The van der Waals surface area contributed by atoms with Crippen LogP contribution in [0, 0.1) is 6.92 Å². The molecule has 92 valence electrons. The molecule has 0 aromatic heterocycles. The summed E-state index contributed by atoms with van der Waals surface area (Å²) in [5.74, 6) is 0.327. The predicted molar refractivity (Wildman–Crippen MR) is 76.6 cm³/mol. The lowest BCUT2D eigenvalue weighted by molar-refractivity contribution is 0.473. The third kappa shape index (κ3) is 3.01. The summed E-state index contributed by atoms with van der Waals surface area (Å²) in [6, 6.07) is 16.1. The number of phenols is 1. The van der Waals surface area contributed by atoms with E-state index in [1.165, 1.54) is 5.56 Å². The number of aryl methyl sites for hydroxylation is 2. The molecule has 0 aliphatic carbocycles. The molecule has 0 saturated heterocycles. The van der Waals surface area contributed by atoms with E-state index in [-0.39, 0.29) is 0 Å². The van der Waals surface area contributed by atoms with Crippen LogP contribution in [0.2, 0.25) is 0 Å². The number of hydrogen-bond acceptors (Lipinski definition) is 1. The Morgan fingerprint density at radius 3 is 2.50 bits per heavy atom. The van der Waals surface area contributed by atoms with Crippen molar-refractivity contribution >= 4 is 5.57 Å². The summed E-state index contributed by atoms with van der Waals surface area (Å²) in [7, 11) is 0. The van der Waals surface area contributed by atoms with E-state index in [0.29, 0.717) is 5.75 Å². The van der Waals surface area contributed by atoms with Gasteiger partial charge in [0.25, 0.3) is 0 Å². The highest BCUT2D eigenvalue weighted by Gasteiger charge is 2.05. The van der Waals surface area contributed by atoms with Gasteiger partial charge in [-0.2, -0.15) is 0 Å². The fourth-order valence-electron chi connectivity index (χ4n) is 2.02. The van der Waals surface area contributed by atoms with E-state index in [9.17, 15) is 5.11 Å². The second kappa shape index (κ2) is 5.54.